The molecule has 0 spiro atoms. The number of anilines is 2. The Morgan fingerprint density at radius 2 is 1.79 bits per heavy atom. The van der Waals surface area contributed by atoms with Crippen LogP contribution in [0.15, 0.2) is 43.0 Å². The van der Waals surface area contributed by atoms with Gasteiger partial charge in [-0.2, -0.15) is 18.3 Å². The third-order valence-corrected chi connectivity index (χ3v) is 8.61. The molecular weight excluding hydrogens is 625 g/mol. The number of benzene rings is 1. The lowest BCUT2D eigenvalue weighted by Gasteiger charge is -2.37. The van der Waals surface area contributed by atoms with Crippen molar-refractivity contribution in [3.63, 3.8) is 0 Å². The number of rotatable bonds is 8. The van der Waals surface area contributed by atoms with E-state index in [2.05, 4.69) is 25.7 Å². The van der Waals surface area contributed by atoms with Crippen molar-refractivity contribution >= 4 is 29.0 Å². The minimum absolute atomic E-state index is 0.00558. The molecule has 1 aromatic carbocycles. The van der Waals surface area contributed by atoms with Crippen LogP contribution in [0.4, 0.5) is 33.5 Å². The number of amides is 2. The minimum atomic E-state index is -4.88. The van der Waals surface area contributed by atoms with Gasteiger partial charge in [0.15, 0.2) is 17.2 Å². The quantitative estimate of drug-likeness (QED) is 0.269. The molecule has 2 amide bonds. The van der Waals surface area contributed by atoms with Crippen LogP contribution >= 0.6 is 0 Å². The Hall–Kier alpha value is -4.60. The van der Waals surface area contributed by atoms with E-state index in [4.69, 9.17) is 0 Å². The van der Waals surface area contributed by atoms with Crippen molar-refractivity contribution in [3.8, 4) is 11.3 Å². The molecule has 0 radical (unpaired) electrons. The van der Waals surface area contributed by atoms with Crippen LogP contribution in [0.25, 0.3) is 16.9 Å². The standard InChI is InChI=1S/C31H34F5N9O2/c1-2-19-15-21(3-4-22(19)30(47)43-13-11-42(12-14-43)29(46)20-5-7-37-8-6-20)40-27-28-39-16-24(45(28)10-9-38-27)23-17-44(18-25(32)33)41-26(23)31(34,35)36/h3-4,9-10,15-17,20,25,37H,2,5-8,11-14,18H2,1H3,(H,38,40). The monoisotopic (exact) mass is 659 g/mol. The molecule has 0 unspecified atom stereocenters. The second-order valence-corrected chi connectivity index (χ2v) is 11.6. The molecule has 2 aliphatic heterocycles. The summed E-state index contributed by atoms with van der Waals surface area (Å²) < 4.78 is 69.2. The van der Waals surface area contributed by atoms with E-state index in [9.17, 15) is 31.5 Å². The van der Waals surface area contributed by atoms with Gasteiger partial charge in [0, 0.05) is 61.9 Å². The highest BCUT2D eigenvalue weighted by Gasteiger charge is 2.39. The first-order chi connectivity index (χ1) is 22.5. The van der Waals surface area contributed by atoms with Crippen molar-refractivity contribution in [2.45, 2.75) is 45.3 Å². The largest absolute Gasteiger partial charge is 0.435 e. The molecule has 16 heteroatoms. The molecule has 2 aliphatic rings. The van der Waals surface area contributed by atoms with Gasteiger partial charge >= 0.3 is 6.18 Å². The number of carbonyl (C=O) groups excluding carboxylic acids is 2. The predicted molar refractivity (Wildman–Crippen MR) is 162 cm³/mol. The van der Waals surface area contributed by atoms with E-state index in [0.29, 0.717) is 48.5 Å². The Bertz CT molecular complexity index is 1760. The van der Waals surface area contributed by atoms with Gasteiger partial charge in [0.1, 0.15) is 6.54 Å². The Balaban J connectivity index is 1.19. The van der Waals surface area contributed by atoms with Crippen LogP contribution in [0.2, 0.25) is 0 Å². The van der Waals surface area contributed by atoms with E-state index in [0.717, 1.165) is 37.7 Å². The number of nitrogens with one attached hydrogen (secondary N) is 2. The maximum atomic E-state index is 13.8. The first kappa shape index (κ1) is 32.3. The molecule has 0 aliphatic carbocycles. The number of piperidine rings is 1. The number of aryl methyl sites for hydroxylation is 1. The van der Waals surface area contributed by atoms with E-state index < -0.39 is 30.4 Å². The maximum absolute atomic E-state index is 13.8. The summed E-state index contributed by atoms with van der Waals surface area (Å²) in [5.41, 5.74) is 0.431. The fourth-order valence-electron chi connectivity index (χ4n) is 6.20. The minimum Gasteiger partial charge on any atom is -0.339 e. The lowest BCUT2D eigenvalue weighted by atomic mass is 9.96. The molecule has 6 rings (SSSR count). The molecule has 3 aromatic heterocycles. The van der Waals surface area contributed by atoms with E-state index in [-0.39, 0.29) is 34.9 Å². The number of hydrogen-bond acceptors (Lipinski definition) is 7. The summed E-state index contributed by atoms with van der Waals surface area (Å²) in [7, 11) is 0. The van der Waals surface area contributed by atoms with E-state index in [1.807, 2.05) is 17.9 Å². The lowest BCUT2D eigenvalue weighted by Crippen LogP contribution is -2.52. The van der Waals surface area contributed by atoms with Gasteiger partial charge in [-0.3, -0.25) is 18.7 Å². The van der Waals surface area contributed by atoms with Crippen LogP contribution in [-0.4, -0.2) is 91.5 Å². The molecule has 0 saturated carbocycles. The third-order valence-electron chi connectivity index (χ3n) is 8.61. The smallest absolute Gasteiger partial charge is 0.339 e. The Labute approximate surface area is 266 Å². The topological polar surface area (TPSA) is 113 Å². The molecule has 4 aromatic rings. The molecule has 0 bridgehead atoms. The van der Waals surface area contributed by atoms with Crippen LogP contribution in [0.1, 0.15) is 41.4 Å². The zero-order valence-electron chi connectivity index (χ0n) is 25.6. The SMILES string of the molecule is CCc1cc(Nc2nccn3c(-c4cn(CC(F)F)nc4C(F)(F)F)cnc23)ccc1C(=O)N1CCN(C(=O)C2CCNCC2)CC1. The number of hydrogen-bond donors (Lipinski definition) is 2. The number of fused-ring (bicyclic) bond motifs is 1. The van der Waals surface area contributed by atoms with Crippen LogP contribution < -0.4 is 10.6 Å². The zero-order valence-corrected chi connectivity index (χ0v) is 25.6. The van der Waals surface area contributed by atoms with Crippen molar-refractivity contribution in [2.75, 3.05) is 44.6 Å². The third kappa shape index (κ3) is 6.77. The summed E-state index contributed by atoms with van der Waals surface area (Å²) in [6, 6.07) is 5.25. The number of carbonyl (C=O) groups is 2. The molecule has 2 N–H and O–H groups in total. The summed E-state index contributed by atoms with van der Waals surface area (Å²) in [5, 5.41) is 9.79. The Morgan fingerprint density at radius 1 is 1.06 bits per heavy atom. The number of aromatic nitrogens is 5. The van der Waals surface area contributed by atoms with Crippen molar-refractivity contribution < 1.29 is 31.5 Å². The number of imidazole rings is 1. The van der Waals surface area contributed by atoms with Gasteiger partial charge in [-0.15, -0.1) is 0 Å². The lowest BCUT2D eigenvalue weighted by molar-refractivity contribution is -0.141. The van der Waals surface area contributed by atoms with Crippen molar-refractivity contribution in [2.24, 2.45) is 5.92 Å². The molecule has 5 heterocycles. The van der Waals surface area contributed by atoms with E-state index in [1.54, 1.807) is 17.0 Å². The normalized spacial score (nSPS) is 16.3. The van der Waals surface area contributed by atoms with Gasteiger partial charge in [0.25, 0.3) is 12.3 Å². The summed E-state index contributed by atoms with van der Waals surface area (Å²) in [6.45, 7) is 4.51. The summed E-state index contributed by atoms with van der Waals surface area (Å²) in [5.74, 6) is 0.323. The number of alkyl halides is 5. The van der Waals surface area contributed by atoms with Gasteiger partial charge in [0.2, 0.25) is 5.91 Å². The molecule has 2 saturated heterocycles. The van der Waals surface area contributed by atoms with Gasteiger partial charge in [-0.1, -0.05) is 6.92 Å². The van der Waals surface area contributed by atoms with Crippen LogP contribution in [0, 0.1) is 5.92 Å². The van der Waals surface area contributed by atoms with Gasteiger partial charge in [-0.05, 0) is 56.1 Å². The second-order valence-electron chi connectivity index (χ2n) is 11.6. The molecule has 0 atom stereocenters. The van der Waals surface area contributed by atoms with Crippen LogP contribution in [0.3, 0.4) is 0 Å². The van der Waals surface area contributed by atoms with Crippen LogP contribution in [0.5, 0.6) is 0 Å². The number of piperazine rings is 1. The van der Waals surface area contributed by atoms with Crippen molar-refractivity contribution in [1.82, 2.24) is 39.3 Å². The molecule has 11 nitrogen and oxygen atoms in total. The highest BCUT2D eigenvalue weighted by molar-refractivity contribution is 5.96. The molecule has 2 fully saturated rings. The summed E-state index contributed by atoms with van der Waals surface area (Å²) in [4.78, 5) is 38.7. The summed E-state index contributed by atoms with van der Waals surface area (Å²) in [6.07, 6.45) is -0.603. The predicted octanol–water partition coefficient (Wildman–Crippen LogP) is 4.47. The number of halogens is 5. The summed E-state index contributed by atoms with van der Waals surface area (Å²) >= 11 is 0. The highest BCUT2D eigenvalue weighted by atomic mass is 19.4. The van der Waals surface area contributed by atoms with Crippen molar-refractivity contribution in [1.29, 1.82) is 0 Å². The van der Waals surface area contributed by atoms with Crippen molar-refractivity contribution in [3.05, 3.63) is 59.8 Å². The van der Waals surface area contributed by atoms with Gasteiger partial charge < -0.3 is 20.4 Å². The van der Waals surface area contributed by atoms with Gasteiger partial charge in [0.05, 0.1) is 17.5 Å². The molecule has 250 valence electrons. The van der Waals surface area contributed by atoms with Gasteiger partial charge in [-0.25, -0.2) is 18.7 Å². The number of nitrogens with zero attached hydrogens (tertiary/aromatic N) is 7. The molecule has 47 heavy (non-hydrogen) atoms. The average Bonchev–Trinajstić information content (AvgIpc) is 3.69. The maximum Gasteiger partial charge on any atom is 0.435 e. The zero-order chi connectivity index (χ0) is 33.3. The Kier molecular flexibility index (Phi) is 9.12. The average molecular weight is 660 g/mol. The highest BCUT2D eigenvalue weighted by Crippen LogP contribution is 2.37. The fraction of sp³-hybridized carbons (Fsp3) is 0.452. The first-order valence-electron chi connectivity index (χ1n) is 15.5. The second kappa shape index (κ2) is 13.3. The first-order valence-corrected chi connectivity index (χ1v) is 15.5. The Morgan fingerprint density at radius 3 is 2.47 bits per heavy atom. The van der Waals surface area contributed by atoms with E-state index in [1.165, 1.54) is 23.0 Å². The molecular formula is C31H34F5N9O2. The van der Waals surface area contributed by atoms with Crippen LogP contribution in [-0.2, 0) is 23.9 Å². The fourth-order valence-corrected chi connectivity index (χ4v) is 6.20. The van der Waals surface area contributed by atoms with E-state index >= 15 is 0 Å².